The van der Waals surface area contributed by atoms with Gasteiger partial charge in [-0.3, -0.25) is 15.5 Å². The molecule has 1 aromatic rings. The van der Waals surface area contributed by atoms with E-state index in [1.54, 1.807) is 6.92 Å². The minimum Gasteiger partial charge on any atom is -0.478 e. The highest BCUT2D eigenvalue weighted by molar-refractivity contribution is 5.93. The van der Waals surface area contributed by atoms with Gasteiger partial charge in [0.2, 0.25) is 5.90 Å². The van der Waals surface area contributed by atoms with E-state index in [4.69, 9.17) is 15.9 Å². The molecule has 0 aliphatic rings. The third-order valence-corrected chi connectivity index (χ3v) is 1.85. The van der Waals surface area contributed by atoms with Crippen LogP contribution in [0.5, 0.6) is 0 Å². The molecule has 0 aliphatic heterocycles. The van der Waals surface area contributed by atoms with E-state index in [0.717, 1.165) is 12.1 Å². The Morgan fingerprint density at radius 3 is 2.71 bits per heavy atom. The van der Waals surface area contributed by atoms with Crippen LogP contribution in [0.1, 0.15) is 12.5 Å². The fraction of sp³-hybridized carbons (Fsp3) is 0.222. The van der Waals surface area contributed by atoms with E-state index in [-0.39, 0.29) is 30.3 Å². The first-order chi connectivity index (χ1) is 7.47. The standard InChI is InChI=1S/C9H10FN3O3.ClH/c1-2-16-9(12)5-3-8(13(14)15)7(11)4-6(5)10;/h3-4,12H,2,11H2,1H3;1H. The number of hydrogen-bond acceptors (Lipinski definition) is 5. The molecule has 0 bridgehead atoms. The Balaban J connectivity index is 0.00000256. The summed E-state index contributed by atoms with van der Waals surface area (Å²) in [6.45, 7) is 1.80. The van der Waals surface area contributed by atoms with Crippen LogP contribution < -0.4 is 5.73 Å². The number of anilines is 1. The highest BCUT2D eigenvalue weighted by Crippen LogP contribution is 2.25. The van der Waals surface area contributed by atoms with Gasteiger partial charge in [0.05, 0.1) is 17.1 Å². The predicted molar refractivity (Wildman–Crippen MR) is 63.2 cm³/mol. The molecular formula is C9H11ClFN3O3. The van der Waals surface area contributed by atoms with Crippen molar-refractivity contribution in [2.45, 2.75) is 6.92 Å². The molecular weight excluding hydrogens is 253 g/mol. The molecule has 3 N–H and O–H groups in total. The molecule has 0 aromatic heterocycles. The number of nitro groups is 1. The monoisotopic (exact) mass is 263 g/mol. The average molecular weight is 264 g/mol. The molecule has 6 nitrogen and oxygen atoms in total. The molecule has 17 heavy (non-hydrogen) atoms. The molecule has 0 saturated carbocycles. The first-order valence-corrected chi connectivity index (χ1v) is 4.42. The maximum Gasteiger partial charge on any atom is 0.293 e. The zero-order chi connectivity index (χ0) is 12.3. The number of nitrogens with one attached hydrogen (secondary N) is 1. The quantitative estimate of drug-likeness (QED) is 0.286. The van der Waals surface area contributed by atoms with E-state index in [2.05, 4.69) is 0 Å². The van der Waals surface area contributed by atoms with E-state index < -0.39 is 22.3 Å². The lowest BCUT2D eigenvalue weighted by atomic mass is 10.1. The van der Waals surface area contributed by atoms with E-state index >= 15 is 0 Å². The Morgan fingerprint density at radius 2 is 2.24 bits per heavy atom. The Morgan fingerprint density at radius 1 is 1.65 bits per heavy atom. The fourth-order valence-electron chi connectivity index (χ4n) is 1.13. The van der Waals surface area contributed by atoms with Crippen LogP contribution in [0.4, 0.5) is 15.8 Å². The Hall–Kier alpha value is -1.89. The van der Waals surface area contributed by atoms with Gasteiger partial charge in [-0.25, -0.2) is 4.39 Å². The van der Waals surface area contributed by atoms with Crippen molar-refractivity contribution in [3.8, 4) is 0 Å². The summed E-state index contributed by atoms with van der Waals surface area (Å²) >= 11 is 0. The molecule has 0 heterocycles. The number of rotatable bonds is 3. The lowest BCUT2D eigenvalue weighted by molar-refractivity contribution is -0.384. The Kier molecular flexibility index (Phi) is 5.33. The van der Waals surface area contributed by atoms with Crippen molar-refractivity contribution in [2.75, 3.05) is 12.3 Å². The normalized spacial score (nSPS) is 9.29. The largest absolute Gasteiger partial charge is 0.478 e. The summed E-state index contributed by atoms with van der Waals surface area (Å²) < 4.78 is 18.1. The summed E-state index contributed by atoms with van der Waals surface area (Å²) in [5.41, 5.74) is 4.27. The van der Waals surface area contributed by atoms with Gasteiger partial charge in [0.15, 0.2) is 0 Å². The average Bonchev–Trinajstić information content (AvgIpc) is 2.17. The topological polar surface area (TPSA) is 102 Å². The lowest BCUT2D eigenvalue weighted by Crippen LogP contribution is -2.09. The third-order valence-electron chi connectivity index (χ3n) is 1.85. The molecule has 1 aromatic carbocycles. The number of halogens is 2. The molecule has 0 unspecified atom stereocenters. The zero-order valence-electron chi connectivity index (χ0n) is 8.90. The second-order valence-corrected chi connectivity index (χ2v) is 2.91. The minimum absolute atomic E-state index is 0. The van der Waals surface area contributed by atoms with Gasteiger partial charge in [-0.05, 0) is 6.92 Å². The van der Waals surface area contributed by atoms with Gasteiger partial charge < -0.3 is 10.5 Å². The molecule has 1 rings (SSSR count). The second kappa shape index (κ2) is 6.00. The number of nitrogen functional groups attached to an aromatic ring is 1. The van der Waals surface area contributed by atoms with Crippen molar-refractivity contribution in [3.63, 3.8) is 0 Å². The van der Waals surface area contributed by atoms with Crippen LogP contribution in [0, 0.1) is 21.3 Å². The van der Waals surface area contributed by atoms with Crippen LogP contribution in [0.3, 0.4) is 0 Å². The second-order valence-electron chi connectivity index (χ2n) is 2.91. The van der Waals surface area contributed by atoms with Crippen molar-refractivity contribution in [1.82, 2.24) is 0 Å². The van der Waals surface area contributed by atoms with E-state index in [9.17, 15) is 14.5 Å². The van der Waals surface area contributed by atoms with Crippen molar-refractivity contribution < 1.29 is 14.1 Å². The summed E-state index contributed by atoms with van der Waals surface area (Å²) in [5.74, 6) is -1.27. The maximum absolute atomic E-state index is 13.3. The highest BCUT2D eigenvalue weighted by atomic mass is 35.5. The van der Waals surface area contributed by atoms with E-state index in [0.29, 0.717) is 0 Å². The van der Waals surface area contributed by atoms with Crippen LogP contribution >= 0.6 is 12.4 Å². The van der Waals surface area contributed by atoms with Crippen molar-refractivity contribution in [3.05, 3.63) is 33.6 Å². The summed E-state index contributed by atoms with van der Waals surface area (Å²) in [6, 6.07) is 1.70. The van der Waals surface area contributed by atoms with Gasteiger partial charge in [-0.1, -0.05) is 0 Å². The smallest absolute Gasteiger partial charge is 0.293 e. The van der Waals surface area contributed by atoms with Crippen molar-refractivity contribution >= 4 is 29.7 Å². The number of nitrogens with two attached hydrogens (primary N) is 1. The molecule has 94 valence electrons. The SMILES string of the molecule is CCOC(=N)c1cc([N+](=O)[O-])c(N)cc1F.Cl. The van der Waals surface area contributed by atoms with E-state index in [1.165, 1.54) is 0 Å². The Labute approximate surface area is 103 Å². The zero-order valence-corrected chi connectivity index (χ0v) is 9.71. The number of benzene rings is 1. The predicted octanol–water partition coefficient (Wildman–Crippen LogP) is 2.10. The van der Waals surface area contributed by atoms with Gasteiger partial charge >= 0.3 is 0 Å². The van der Waals surface area contributed by atoms with Crippen LogP contribution in [0.2, 0.25) is 0 Å². The van der Waals surface area contributed by atoms with Crippen molar-refractivity contribution in [2.24, 2.45) is 0 Å². The summed E-state index contributed by atoms with van der Waals surface area (Å²) in [6.07, 6.45) is 0. The fourth-order valence-corrected chi connectivity index (χ4v) is 1.13. The highest BCUT2D eigenvalue weighted by Gasteiger charge is 2.19. The van der Waals surface area contributed by atoms with Gasteiger partial charge in [0.25, 0.3) is 5.69 Å². The van der Waals surface area contributed by atoms with E-state index in [1.807, 2.05) is 0 Å². The van der Waals surface area contributed by atoms with Crippen LogP contribution in [-0.4, -0.2) is 17.4 Å². The molecule has 0 amide bonds. The maximum atomic E-state index is 13.3. The summed E-state index contributed by atoms with van der Waals surface area (Å²) in [4.78, 5) is 9.82. The minimum atomic E-state index is -0.818. The molecule has 0 atom stereocenters. The van der Waals surface area contributed by atoms with Gasteiger partial charge in [0.1, 0.15) is 11.5 Å². The lowest BCUT2D eigenvalue weighted by Gasteiger charge is -2.06. The molecule has 8 heteroatoms. The van der Waals surface area contributed by atoms with Crippen molar-refractivity contribution in [1.29, 1.82) is 5.41 Å². The molecule has 0 fully saturated rings. The number of ether oxygens (including phenoxy) is 1. The first kappa shape index (κ1) is 15.1. The summed E-state index contributed by atoms with van der Waals surface area (Å²) in [5, 5.41) is 17.9. The molecule has 0 saturated heterocycles. The number of nitrogens with zero attached hydrogens (tertiary/aromatic N) is 1. The Bertz CT molecular complexity index is 453. The van der Waals surface area contributed by atoms with Crippen LogP contribution in [0.25, 0.3) is 0 Å². The first-order valence-electron chi connectivity index (χ1n) is 4.42. The molecule has 0 spiro atoms. The number of hydrogen-bond donors (Lipinski definition) is 2. The third kappa shape index (κ3) is 3.28. The molecule has 0 radical (unpaired) electrons. The van der Waals surface area contributed by atoms with Crippen LogP contribution in [-0.2, 0) is 4.74 Å². The van der Waals surface area contributed by atoms with Gasteiger partial charge in [0, 0.05) is 12.1 Å². The van der Waals surface area contributed by atoms with Crippen LogP contribution in [0.15, 0.2) is 12.1 Å². The molecule has 0 aliphatic carbocycles. The van der Waals surface area contributed by atoms with Gasteiger partial charge in [-0.15, -0.1) is 12.4 Å². The van der Waals surface area contributed by atoms with Gasteiger partial charge in [-0.2, -0.15) is 0 Å². The number of nitro benzene ring substituents is 1. The summed E-state index contributed by atoms with van der Waals surface area (Å²) in [7, 11) is 0.